The van der Waals surface area contributed by atoms with Crippen LogP contribution in [0.25, 0.3) is 0 Å². The van der Waals surface area contributed by atoms with Gasteiger partial charge in [0.05, 0.1) is 18.9 Å². The number of nitrogens with zero attached hydrogens (tertiary/aromatic N) is 2. The summed E-state index contributed by atoms with van der Waals surface area (Å²) in [5.74, 6) is 1.07. The maximum Gasteiger partial charge on any atom is 0.128 e. The minimum Gasteiger partial charge on any atom is -0.507 e. The quantitative estimate of drug-likeness (QED) is 0.541. The molecule has 156 valence electrons. The number of rotatable bonds is 6. The standard InChI is InChI=1S/C24H31BrN2O2/c1-16(2)21-6-5-7-22(17(3)4)23(21)26-14-18-12-20(25)13-19(24(18)28)15-27-8-10-29-11-9-27/h5-7,12-14,16-17,28H,8-11,15H2,1-4H3. The van der Waals surface area contributed by atoms with Crippen LogP contribution in [-0.2, 0) is 11.3 Å². The summed E-state index contributed by atoms with van der Waals surface area (Å²) in [6.07, 6.45) is 1.80. The highest BCUT2D eigenvalue weighted by molar-refractivity contribution is 9.10. The SMILES string of the molecule is CC(C)c1cccc(C(C)C)c1N=Cc1cc(Br)cc(CN2CCOCC2)c1O. The van der Waals surface area contributed by atoms with Crippen LogP contribution in [0.3, 0.4) is 0 Å². The van der Waals surface area contributed by atoms with Gasteiger partial charge < -0.3 is 9.84 Å². The number of morpholine rings is 1. The minimum atomic E-state index is 0.302. The molecule has 2 aromatic rings. The molecule has 0 unspecified atom stereocenters. The average molecular weight is 459 g/mol. The number of aromatic hydroxyl groups is 1. The smallest absolute Gasteiger partial charge is 0.128 e. The van der Waals surface area contributed by atoms with Gasteiger partial charge in [-0.3, -0.25) is 9.89 Å². The topological polar surface area (TPSA) is 45.1 Å². The first-order chi connectivity index (χ1) is 13.9. The first kappa shape index (κ1) is 22.0. The lowest BCUT2D eigenvalue weighted by Crippen LogP contribution is -2.35. The number of hydrogen-bond acceptors (Lipinski definition) is 4. The number of benzene rings is 2. The fourth-order valence-electron chi connectivity index (χ4n) is 3.69. The van der Waals surface area contributed by atoms with Gasteiger partial charge in [0, 0.05) is 41.4 Å². The molecule has 1 fully saturated rings. The molecule has 0 aromatic heterocycles. The number of phenolic OH excluding ortho intramolecular Hbond substituents is 1. The van der Waals surface area contributed by atoms with Crippen LogP contribution in [0.5, 0.6) is 5.75 Å². The molecular weight excluding hydrogens is 428 g/mol. The van der Waals surface area contributed by atoms with Crippen LogP contribution in [0, 0.1) is 0 Å². The van der Waals surface area contributed by atoms with Crippen molar-refractivity contribution in [3.05, 3.63) is 57.1 Å². The molecule has 1 aliphatic rings. The molecule has 0 amide bonds. The van der Waals surface area contributed by atoms with Gasteiger partial charge in [0.1, 0.15) is 5.75 Å². The predicted octanol–water partition coefficient (Wildman–Crippen LogP) is 5.98. The van der Waals surface area contributed by atoms with Gasteiger partial charge in [0.2, 0.25) is 0 Å². The zero-order valence-corrected chi connectivity index (χ0v) is 19.4. The maximum atomic E-state index is 10.9. The fourth-order valence-corrected chi connectivity index (χ4v) is 4.22. The lowest BCUT2D eigenvalue weighted by atomic mass is 9.93. The van der Waals surface area contributed by atoms with Crippen LogP contribution in [-0.4, -0.2) is 42.5 Å². The maximum absolute atomic E-state index is 10.9. The molecule has 0 aliphatic carbocycles. The lowest BCUT2D eigenvalue weighted by molar-refractivity contribution is 0.0339. The Hall–Kier alpha value is -1.69. The second kappa shape index (κ2) is 9.88. The summed E-state index contributed by atoms with van der Waals surface area (Å²) in [7, 11) is 0. The predicted molar refractivity (Wildman–Crippen MR) is 124 cm³/mol. The van der Waals surface area contributed by atoms with Crippen LogP contribution in [0.2, 0.25) is 0 Å². The highest BCUT2D eigenvalue weighted by Gasteiger charge is 2.16. The Kier molecular flexibility index (Phi) is 7.49. The summed E-state index contributed by atoms with van der Waals surface area (Å²) in [5.41, 5.74) is 5.12. The summed E-state index contributed by atoms with van der Waals surface area (Å²) in [4.78, 5) is 7.17. The molecule has 2 aromatic carbocycles. The van der Waals surface area contributed by atoms with Gasteiger partial charge in [-0.1, -0.05) is 61.8 Å². The summed E-state index contributed by atoms with van der Waals surface area (Å²) >= 11 is 3.60. The van der Waals surface area contributed by atoms with Gasteiger partial charge in [-0.15, -0.1) is 0 Å². The molecule has 4 nitrogen and oxygen atoms in total. The molecule has 5 heteroatoms. The van der Waals surface area contributed by atoms with Gasteiger partial charge in [-0.2, -0.15) is 0 Å². The molecule has 3 rings (SSSR count). The van der Waals surface area contributed by atoms with Crippen LogP contribution in [0.4, 0.5) is 5.69 Å². The van der Waals surface area contributed by atoms with Crippen molar-refractivity contribution in [2.75, 3.05) is 26.3 Å². The number of aliphatic imine (C=N–C) groups is 1. The van der Waals surface area contributed by atoms with Gasteiger partial charge in [-0.05, 0) is 35.1 Å². The highest BCUT2D eigenvalue weighted by Crippen LogP contribution is 2.35. The van der Waals surface area contributed by atoms with Crippen molar-refractivity contribution in [3.63, 3.8) is 0 Å². The molecule has 1 N–H and O–H groups in total. The Balaban J connectivity index is 1.95. The summed E-state index contributed by atoms with van der Waals surface area (Å²) in [6.45, 7) is 12.7. The normalized spacial score (nSPS) is 15.7. The fraction of sp³-hybridized carbons (Fsp3) is 0.458. The first-order valence-corrected chi connectivity index (χ1v) is 11.1. The van der Waals surface area contributed by atoms with E-state index >= 15 is 0 Å². The highest BCUT2D eigenvalue weighted by atomic mass is 79.9. The lowest BCUT2D eigenvalue weighted by Gasteiger charge is -2.27. The Morgan fingerprint density at radius 1 is 1.10 bits per heavy atom. The molecule has 1 heterocycles. The van der Waals surface area contributed by atoms with Crippen molar-refractivity contribution >= 4 is 27.8 Å². The van der Waals surface area contributed by atoms with E-state index < -0.39 is 0 Å². The van der Waals surface area contributed by atoms with E-state index in [4.69, 9.17) is 9.73 Å². The second-order valence-electron chi connectivity index (χ2n) is 8.24. The third-order valence-electron chi connectivity index (χ3n) is 5.36. The summed E-state index contributed by atoms with van der Waals surface area (Å²) < 4.78 is 6.37. The molecule has 0 spiro atoms. The van der Waals surface area contributed by atoms with Crippen molar-refractivity contribution in [2.24, 2.45) is 4.99 Å². The number of halogens is 1. The van der Waals surface area contributed by atoms with Gasteiger partial charge in [0.25, 0.3) is 0 Å². The molecule has 0 bridgehead atoms. The van der Waals surface area contributed by atoms with E-state index in [1.807, 2.05) is 12.1 Å². The Morgan fingerprint density at radius 3 is 2.31 bits per heavy atom. The largest absolute Gasteiger partial charge is 0.507 e. The van der Waals surface area contributed by atoms with Gasteiger partial charge >= 0.3 is 0 Å². The van der Waals surface area contributed by atoms with E-state index in [-0.39, 0.29) is 0 Å². The minimum absolute atomic E-state index is 0.302. The van der Waals surface area contributed by atoms with E-state index in [0.29, 0.717) is 24.1 Å². The first-order valence-electron chi connectivity index (χ1n) is 10.3. The Morgan fingerprint density at radius 2 is 1.72 bits per heavy atom. The van der Waals surface area contributed by atoms with Crippen LogP contribution in [0.15, 0.2) is 39.8 Å². The molecule has 0 saturated carbocycles. The molecular formula is C24H31BrN2O2. The Labute approximate surface area is 182 Å². The molecule has 29 heavy (non-hydrogen) atoms. The van der Waals surface area contributed by atoms with E-state index in [1.54, 1.807) is 6.21 Å². The second-order valence-corrected chi connectivity index (χ2v) is 9.16. The third kappa shape index (κ3) is 5.47. The zero-order valence-electron chi connectivity index (χ0n) is 17.8. The Bertz CT molecular complexity index is 845. The van der Waals surface area contributed by atoms with Crippen LogP contribution in [0.1, 0.15) is 61.8 Å². The monoisotopic (exact) mass is 458 g/mol. The van der Waals surface area contributed by atoms with E-state index in [1.165, 1.54) is 11.1 Å². The van der Waals surface area contributed by atoms with Gasteiger partial charge in [0.15, 0.2) is 0 Å². The summed E-state index contributed by atoms with van der Waals surface area (Å²) in [5, 5.41) is 10.9. The molecule has 0 radical (unpaired) electrons. The third-order valence-corrected chi connectivity index (χ3v) is 5.81. The van der Waals surface area contributed by atoms with Crippen LogP contribution >= 0.6 is 15.9 Å². The van der Waals surface area contributed by atoms with Crippen molar-refractivity contribution < 1.29 is 9.84 Å². The van der Waals surface area contributed by atoms with E-state index in [9.17, 15) is 5.11 Å². The van der Waals surface area contributed by atoms with Crippen molar-refractivity contribution in [1.29, 1.82) is 0 Å². The molecule has 1 saturated heterocycles. The van der Waals surface area contributed by atoms with Gasteiger partial charge in [-0.25, -0.2) is 0 Å². The molecule has 0 atom stereocenters. The van der Waals surface area contributed by atoms with Crippen molar-refractivity contribution in [3.8, 4) is 5.75 Å². The number of para-hydroxylation sites is 1. The van der Waals surface area contributed by atoms with E-state index in [2.05, 4.69) is 66.7 Å². The van der Waals surface area contributed by atoms with Crippen molar-refractivity contribution in [1.82, 2.24) is 4.90 Å². The number of phenols is 1. The van der Waals surface area contributed by atoms with E-state index in [0.717, 1.165) is 47.6 Å². The molecule has 1 aliphatic heterocycles. The average Bonchev–Trinajstić information content (AvgIpc) is 2.69. The number of ether oxygens (including phenoxy) is 1. The van der Waals surface area contributed by atoms with Crippen LogP contribution < -0.4 is 0 Å². The zero-order chi connectivity index (χ0) is 21.0. The van der Waals surface area contributed by atoms with Crippen molar-refractivity contribution in [2.45, 2.75) is 46.1 Å². The summed E-state index contributed by atoms with van der Waals surface area (Å²) in [6, 6.07) is 10.3. The number of hydrogen-bond donors (Lipinski definition) is 1.